The van der Waals surface area contributed by atoms with Crippen molar-refractivity contribution in [1.29, 1.82) is 5.26 Å². The second-order valence-electron chi connectivity index (χ2n) is 8.35. The van der Waals surface area contributed by atoms with E-state index in [1.807, 2.05) is 0 Å². The first-order valence-electron chi connectivity index (χ1n) is 9.37. The van der Waals surface area contributed by atoms with Crippen molar-refractivity contribution in [2.45, 2.75) is 51.6 Å². The summed E-state index contributed by atoms with van der Waals surface area (Å²) in [6, 6.07) is 3.66. The van der Waals surface area contributed by atoms with E-state index in [9.17, 15) is 27.9 Å². The van der Waals surface area contributed by atoms with Crippen LogP contribution in [0.25, 0.3) is 0 Å². The number of alkyl halides is 3. The molecule has 172 valence electrons. The molecule has 0 aliphatic heterocycles. The van der Waals surface area contributed by atoms with Crippen molar-refractivity contribution in [3.8, 4) is 6.07 Å². The van der Waals surface area contributed by atoms with Gasteiger partial charge < -0.3 is 21.1 Å². The van der Waals surface area contributed by atoms with Crippen LogP contribution in [0.1, 0.15) is 38.8 Å². The lowest BCUT2D eigenvalue weighted by Crippen LogP contribution is -2.44. The number of aromatic nitrogens is 2. The third-order valence-corrected chi connectivity index (χ3v) is 4.04. The van der Waals surface area contributed by atoms with Gasteiger partial charge in [0, 0.05) is 17.4 Å². The van der Waals surface area contributed by atoms with E-state index in [-0.39, 0.29) is 12.2 Å². The maximum absolute atomic E-state index is 13.1. The zero-order valence-corrected chi connectivity index (χ0v) is 17.8. The first-order chi connectivity index (χ1) is 14.6. The molecule has 0 bridgehead atoms. The van der Waals surface area contributed by atoms with Crippen LogP contribution in [0.5, 0.6) is 0 Å². The molecule has 9 nitrogen and oxygen atoms in total. The van der Waals surface area contributed by atoms with Crippen molar-refractivity contribution in [3.05, 3.63) is 41.7 Å². The molecule has 1 heterocycles. The van der Waals surface area contributed by atoms with Gasteiger partial charge >= 0.3 is 12.2 Å². The fourth-order valence-corrected chi connectivity index (χ4v) is 2.62. The first-order valence-corrected chi connectivity index (χ1v) is 9.37. The normalized spacial score (nSPS) is 13.6. The maximum Gasteiger partial charge on any atom is 0.417 e. The van der Waals surface area contributed by atoms with E-state index < -0.39 is 40.4 Å². The summed E-state index contributed by atoms with van der Waals surface area (Å²) < 4.78 is 40.5. The Morgan fingerprint density at radius 3 is 2.38 bits per heavy atom. The molecule has 0 aliphatic rings. The Bertz CT molecular complexity index is 1050. The van der Waals surface area contributed by atoms with Crippen LogP contribution in [-0.4, -0.2) is 38.0 Å². The molecule has 1 aromatic heterocycles. The van der Waals surface area contributed by atoms with Crippen LogP contribution in [0.3, 0.4) is 0 Å². The van der Waals surface area contributed by atoms with E-state index >= 15 is 0 Å². The number of urea groups is 1. The van der Waals surface area contributed by atoms with E-state index in [2.05, 4.69) is 21.0 Å². The van der Waals surface area contributed by atoms with Crippen molar-refractivity contribution >= 4 is 23.3 Å². The molecule has 0 radical (unpaired) electrons. The minimum absolute atomic E-state index is 0.233. The Morgan fingerprint density at radius 1 is 1.16 bits per heavy atom. The number of carbonyl (C=O) groups excluding carboxylic acids is 2. The molecule has 3 amide bonds. The molecule has 12 heteroatoms. The second kappa shape index (κ2) is 8.88. The SMILES string of the molecule is CC(C)(C)NC(=O)Nc1cnn(CC(C)(O)C(=O)Nc2ccc(C#N)c(C(F)(F)F)c2)c1. The third kappa shape index (κ3) is 6.71. The summed E-state index contributed by atoms with van der Waals surface area (Å²) in [6.45, 7) is 6.23. The highest BCUT2D eigenvalue weighted by molar-refractivity contribution is 5.97. The number of anilines is 2. The molecule has 0 spiro atoms. The van der Waals surface area contributed by atoms with Crippen molar-refractivity contribution in [3.63, 3.8) is 0 Å². The zero-order valence-electron chi connectivity index (χ0n) is 17.8. The predicted molar refractivity (Wildman–Crippen MR) is 110 cm³/mol. The summed E-state index contributed by atoms with van der Waals surface area (Å²) in [5.41, 5.74) is -4.22. The minimum atomic E-state index is -4.79. The summed E-state index contributed by atoms with van der Waals surface area (Å²) in [6.07, 6.45) is -2.09. The van der Waals surface area contributed by atoms with Gasteiger partial charge in [0.25, 0.3) is 5.91 Å². The highest BCUT2D eigenvalue weighted by atomic mass is 19.4. The summed E-state index contributed by atoms with van der Waals surface area (Å²) in [5.74, 6) is -0.981. The van der Waals surface area contributed by atoms with Gasteiger partial charge in [-0.2, -0.15) is 23.5 Å². The lowest BCUT2D eigenvalue weighted by Gasteiger charge is -2.22. The molecule has 2 rings (SSSR count). The predicted octanol–water partition coefficient (Wildman–Crippen LogP) is 3.08. The number of amides is 3. The fraction of sp³-hybridized carbons (Fsp3) is 0.400. The van der Waals surface area contributed by atoms with Gasteiger partial charge in [-0.05, 0) is 45.9 Å². The van der Waals surface area contributed by atoms with E-state index in [1.54, 1.807) is 20.8 Å². The van der Waals surface area contributed by atoms with E-state index in [0.717, 1.165) is 19.1 Å². The Morgan fingerprint density at radius 2 is 1.81 bits per heavy atom. The molecule has 0 aliphatic carbocycles. The van der Waals surface area contributed by atoms with E-state index in [0.29, 0.717) is 11.8 Å². The van der Waals surface area contributed by atoms with Gasteiger partial charge in [0.15, 0.2) is 5.60 Å². The number of aliphatic hydroxyl groups is 1. The molecule has 1 aromatic carbocycles. The molecule has 4 N–H and O–H groups in total. The quantitative estimate of drug-likeness (QED) is 0.554. The monoisotopic (exact) mass is 452 g/mol. The number of carbonyl (C=O) groups is 2. The number of nitrogens with zero attached hydrogens (tertiary/aromatic N) is 3. The van der Waals surface area contributed by atoms with Gasteiger partial charge in [-0.15, -0.1) is 0 Å². The minimum Gasteiger partial charge on any atom is -0.378 e. The topological polar surface area (TPSA) is 132 Å². The Hall–Kier alpha value is -3.59. The molecule has 0 fully saturated rings. The summed E-state index contributed by atoms with van der Waals surface area (Å²) in [7, 11) is 0. The standard InChI is InChI=1S/C20H23F3N6O3/c1-18(2,3)28-17(31)27-14-9-25-29(10-14)11-19(4,32)16(30)26-13-6-5-12(8-24)15(7-13)20(21,22)23/h5-7,9-10,32H,11H2,1-4H3,(H,26,30)(H2,27,28,31). The average Bonchev–Trinajstić information content (AvgIpc) is 3.05. The Kier molecular flexibility index (Phi) is 6.84. The van der Waals surface area contributed by atoms with Crippen molar-refractivity contribution < 1.29 is 27.9 Å². The lowest BCUT2D eigenvalue weighted by atomic mass is 10.0. The van der Waals surface area contributed by atoms with Gasteiger partial charge in [0.1, 0.15) is 0 Å². The van der Waals surface area contributed by atoms with Crippen LogP contribution < -0.4 is 16.0 Å². The molecule has 0 saturated carbocycles. The van der Waals surface area contributed by atoms with Crippen LogP contribution in [0.2, 0.25) is 0 Å². The molecule has 1 unspecified atom stereocenters. The van der Waals surface area contributed by atoms with E-state index in [1.165, 1.54) is 23.1 Å². The summed E-state index contributed by atoms with van der Waals surface area (Å²) in [5, 5.41) is 30.8. The number of benzene rings is 1. The number of nitrogens with one attached hydrogen (secondary N) is 3. The van der Waals surface area contributed by atoms with Gasteiger partial charge in [0.05, 0.1) is 35.6 Å². The third-order valence-electron chi connectivity index (χ3n) is 4.04. The highest BCUT2D eigenvalue weighted by Crippen LogP contribution is 2.33. The van der Waals surface area contributed by atoms with Crippen LogP contribution in [0, 0.1) is 11.3 Å². The Balaban J connectivity index is 2.08. The fourth-order valence-electron chi connectivity index (χ4n) is 2.62. The van der Waals surface area contributed by atoms with Crippen molar-refractivity contribution in [2.75, 3.05) is 10.6 Å². The molecular formula is C20H23F3N6O3. The second-order valence-corrected chi connectivity index (χ2v) is 8.35. The first kappa shape index (κ1) is 24.7. The van der Waals surface area contributed by atoms with Crippen LogP contribution in [0.15, 0.2) is 30.6 Å². The number of nitriles is 1. The average molecular weight is 452 g/mol. The number of hydrogen-bond donors (Lipinski definition) is 4. The summed E-state index contributed by atoms with van der Waals surface area (Å²) in [4.78, 5) is 24.4. The van der Waals surface area contributed by atoms with Crippen LogP contribution in [0.4, 0.5) is 29.3 Å². The van der Waals surface area contributed by atoms with Gasteiger partial charge in [-0.25, -0.2) is 4.79 Å². The highest BCUT2D eigenvalue weighted by Gasteiger charge is 2.35. The largest absolute Gasteiger partial charge is 0.417 e. The Labute approximate surface area is 182 Å². The smallest absolute Gasteiger partial charge is 0.378 e. The van der Waals surface area contributed by atoms with Gasteiger partial charge in [-0.3, -0.25) is 9.48 Å². The van der Waals surface area contributed by atoms with Crippen LogP contribution >= 0.6 is 0 Å². The van der Waals surface area contributed by atoms with Gasteiger partial charge in [0.2, 0.25) is 0 Å². The number of hydrogen-bond acceptors (Lipinski definition) is 5. The van der Waals surface area contributed by atoms with Gasteiger partial charge in [-0.1, -0.05) is 0 Å². The zero-order chi connectivity index (χ0) is 24.3. The molecule has 32 heavy (non-hydrogen) atoms. The number of halogens is 3. The molecule has 1 atom stereocenters. The molecule has 2 aromatic rings. The van der Waals surface area contributed by atoms with E-state index in [4.69, 9.17) is 5.26 Å². The lowest BCUT2D eigenvalue weighted by molar-refractivity contribution is -0.138. The summed E-state index contributed by atoms with van der Waals surface area (Å²) >= 11 is 0. The molecular weight excluding hydrogens is 429 g/mol. The van der Waals surface area contributed by atoms with Crippen molar-refractivity contribution in [2.24, 2.45) is 0 Å². The maximum atomic E-state index is 13.1. The molecule has 0 saturated heterocycles. The van der Waals surface area contributed by atoms with Crippen molar-refractivity contribution in [1.82, 2.24) is 15.1 Å². The van der Waals surface area contributed by atoms with Crippen LogP contribution in [-0.2, 0) is 17.5 Å². The number of rotatable bonds is 5.